The Balaban J connectivity index is 1.93. The molecule has 2 nitrogen and oxygen atoms in total. The van der Waals surface area contributed by atoms with Crippen LogP contribution in [-0.2, 0) is 0 Å². The summed E-state index contributed by atoms with van der Waals surface area (Å²) in [6.45, 7) is 6.67. The number of nitrogens with zero attached hydrogens (tertiary/aromatic N) is 1. The molecule has 0 bridgehead atoms. The average molecular weight is 280 g/mol. The first-order chi connectivity index (χ1) is 10.3. The molecule has 0 radical (unpaired) electrons. The molecule has 0 spiro atoms. The zero-order chi connectivity index (χ0) is 14.7. The first kappa shape index (κ1) is 14.0. The van der Waals surface area contributed by atoms with Crippen LogP contribution in [0.25, 0.3) is 0 Å². The van der Waals surface area contributed by atoms with Crippen LogP contribution in [0.2, 0.25) is 0 Å². The summed E-state index contributed by atoms with van der Waals surface area (Å²) in [7, 11) is 0. The summed E-state index contributed by atoms with van der Waals surface area (Å²) >= 11 is 0. The second kappa shape index (κ2) is 6.21. The molecule has 2 aromatic carbocycles. The van der Waals surface area contributed by atoms with Gasteiger partial charge in [-0.15, -0.1) is 0 Å². The fourth-order valence-electron chi connectivity index (χ4n) is 3.00. The predicted octanol–water partition coefficient (Wildman–Crippen LogP) is 4.71. The van der Waals surface area contributed by atoms with E-state index in [1.807, 2.05) is 0 Å². The number of benzene rings is 2. The largest absolute Gasteiger partial charge is 0.381 e. The van der Waals surface area contributed by atoms with Crippen LogP contribution >= 0.6 is 0 Å². The summed E-state index contributed by atoms with van der Waals surface area (Å²) in [5.41, 5.74) is 3.98. The van der Waals surface area contributed by atoms with Crippen molar-refractivity contribution in [2.45, 2.75) is 26.3 Å². The molecule has 0 aliphatic carbocycles. The lowest BCUT2D eigenvalue weighted by molar-refractivity contribution is 0.535. The summed E-state index contributed by atoms with van der Waals surface area (Å²) in [6.07, 6.45) is 1.22. The van der Waals surface area contributed by atoms with E-state index >= 15 is 0 Å². The van der Waals surface area contributed by atoms with Crippen molar-refractivity contribution in [1.82, 2.24) is 0 Å². The minimum absolute atomic E-state index is 0.417. The molecular formula is C19H24N2. The van der Waals surface area contributed by atoms with Gasteiger partial charge < -0.3 is 10.2 Å². The first-order valence-corrected chi connectivity index (χ1v) is 7.90. The number of hydrogen-bond donors (Lipinski definition) is 1. The van der Waals surface area contributed by atoms with Crippen LogP contribution in [0.1, 0.15) is 31.9 Å². The molecule has 21 heavy (non-hydrogen) atoms. The quantitative estimate of drug-likeness (QED) is 0.873. The lowest BCUT2D eigenvalue weighted by atomic mass is 9.99. The molecule has 2 aromatic rings. The van der Waals surface area contributed by atoms with Crippen molar-refractivity contribution in [3.63, 3.8) is 0 Å². The Kier molecular flexibility index (Phi) is 4.14. The SMILES string of the molecule is CC(C)CCN1c2ccccc2NCC1c1ccccc1. The Labute approximate surface area is 127 Å². The van der Waals surface area contributed by atoms with E-state index in [9.17, 15) is 0 Å². The topological polar surface area (TPSA) is 15.3 Å². The molecule has 0 fully saturated rings. The Morgan fingerprint density at radius 2 is 1.76 bits per heavy atom. The maximum Gasteiger partial charge on any atom is 0.0715 e. The van der Waals surface area contributed by atoms with Crippen molar-refractivity contribution in [3.05, 3.63) is 60.2 Å². The van der Waals surface area contributed by atoms with Gasteiger partial charge in [0.1, 0.15) is 0 Å². The van der Waals surface area contributed by atoms with E-state index in [2.05, 4.69) is 78.7 Å². The second-order valence-electron chi connectivity index (χ2n) is 6.20. The molecule has 1 heterocycles. The number of anilines is 2. The third-order valence-corrected chi connectivity index (χ3v) is 4.21. The summed E-state index contributed by atoms with van der Waals surface area (Å²) in [6, 6.07) is 19.9. The van der Waals surface area contributed by atoms with Crippen molar-refractivity contribution >= 4 is 11.4 Å². The smallest absolute Gasteiger partial charge is 0.0715 e. The third kappa shape index (κ3) is 3.05. The Hall–Kier alpha value is -1.96. The highest BCUT2D eigenvalue weighted by Gasteiger charge is 2.26. The van der Waals surface area contributed by atoms with E-state index in [-0.39, 0.29) is 0 Å². The summed E-state index contributed by atoms with van der Waals surface area (Å²) < 4.78 is 0. The molecule has 1 unspecified atom stereocenters. The maximum absolute atomic E-state index is 3.59. The molecule has 3 rings (SSSR count). The zero-order valence-corrected chi connectivity index (χ0v) is 12.9. The minimum atomic E-state index is 0.417. The average Bonchev–Trinajstić information content (AvgIpc) is 2.53. The van der Waals surface area contributed by atoms with E-state index in [1.54, 1.807) is 0 Å². The van der Waals surface area contributed by atoms with Crippen molar-refractivity contribution in [2.75, 3.05) is 23.3 Å². The van der Waals surface area contributed by atoms with Crippen molar-refractivity contribution < 1.29 is 0 Å². The van der Waals surface area contributed by atoms with Gasteiger partial charge in [0, 0.05) is 13.1 Å². The van der Waals surface area contributed by atoms with Gasteiger partial charge in [-0.05, 0) is 30.0 Å². The number of rotatable bonds is 4. The molecule has 1 N–H and O–H groups in total. The summed E-state index contributed by atoms with van der Waals surface area (Å²) in [4.78, 5) is 2.57. The minimum Gasteiger partial charge on any atom is -0.381 e. The fraction of sp³-hybridized carbons (Fsp3) is 0.368. The fourth-order valence-corrected chi connectivity index (χ4v) is 3.00. The zero-order valence-electron chi connectivity index (χ0n) is 12.9. The molecule has 0 amide bonds. The van der Waals surface area contributed by atoms with Gasteiger partial charge in [0.05, 0.1) is 17.4 Å². The van der Waals surface area contributed by atoms with Crippen molar-refractivity contribution in [3.8, 4) is 0 Å². The van der Waals surface area contributed by atoms with Crippen molar-refractivity contribution in [1.29, 1.82) is 0 Å². The van der Waals surface area contributed by atoms with Gasteiger partial charge in [0.2, 0.25) is 0 Å². The number of nitrogens with one attached hydrogen (secondary N) is 1. The van der Waals surface area contributed by atoms with Gasteiger partial charge >= 0.3 is 0 Å². The Bertz CT molecular complexity index is 577. The van der Waals surface area contributed by atoms with E-state index in [0.717, 1.165) is 19.0 Å². The van der Waals surface area contributed by atoms with Gasteiger partial charge in [0.25, 0.3) is 0 Å². The van der Waals surface area contributed by atoms with E-state index in [0.29, 0.717) is 6.04 Å². The highest BCUT2D eigenvalue weighted by molar-refractivity contribution is 5.73. The van der Waals surface area contributed by atoms with Gasteiger partial charge in [0.15, 0.2) is 0 Å². The van der Waals surface area contributed by atoms with Crippen LogP contribution in [0.3, 0.4) is 0 Å². The van der Waals surface area contributed by atoms with Crippen LogP contribution in [0.4, 0.5) is 11.4 Å². The lowest BCUT2D eigenvalue weighted by Gasteiger charge is -2.40. The third-order valence-electron chi connectivity index (χ3n) is 4.21. The molecule has 2 heteroatoms. The molecule has 0 saturated heterocycles. The van der Waals surface area contributed by atoms with Gasteiger partial charge in [-0.1, -0.05) is 56.3 Å². The summed E-state index contributed by atoms with van der Waals surface area (Å²) in [5.74, 6) is 0.725. The number of para-hydroxylation sites is 2. The van der Waals surface area contributed by atoms with E-state index < -0.39 is 0 Å². The number of fused-ring (bicyclic) bond motifs is 1. The Morgan fingerprint density at radius 1 is 1.05 bits per heavy atom. The van der Waals surface area contributed by atoms with Crippen LogP contribution < -0.4 is 10.2 Å². The van der Waals surface area contributed by atoms with E-state index in [4.69, 9.17) is 0 Å². The van der Waals surface area contributed by atoms with Crippen molar-refractivity contribution in [2.24, 2.45) is 5.92 Å². The maximum atomic E-state index is 3.59. The van der Waals surface area contributed by atoms with Crippen LogP contribution in [0.15, 0.2) is 54.6 Å². The molecule has 110 valence electrons. The highest BCUT2D eigenvalue weighted by Crippen LogP contribution is 2.37. The molecular weight excluding hydrogens is 256 g/mol. The molecule has 1 aliphatic heterocycles. The van der Waals surface area contributed by atoms with Gasteiger partial charge in [-0.2, -0.15) is 0 Å². The monoisotopic (exact) mass is 280 g/mol. The van der Waals surface area contributed by atoms with Crippen LogP contribution in [-0.4, -0.2) is 13.1 Å². The van der Waals surface area contributed by atoms with E-state index in [1.165, 1.54) is 23.4 Å². The molecule has 1 atom stereocenters. The molecule has 0 aromatic heterocycles. The normalized spacial score (nSPS) is 17.5. The molecule has 1 aliphatic rings. The van der Waals surface area contributed by atoms with Gasteiger partial charge in [-0.3, -0.25) is 0 Å². The highest BCUT2D eigenvalue weighted by atomic mass is 15.2. The van der Waals surface area contributed by atoms with Gasteiger partial charge in [-0.25, -0.2) is 0 Å². The lowest BCUT2D eigenvalue weighted by Crippen LogP contribution is -2.38. The molecule has 0 saturated carbocycles. The predicted molar refractivity (Wildman–Crippen MR) is 90.9 cm³/mol. The van der Waals surface area contributed by atoms with Crippen LogP contribution in [0.5, 0.6) is 0 Å². The Morgan fingerprint density at radius 3 is 2.52 bits per heavy atom. The summed E-state index contributed by atoms with van der Waals surface area (Å²) in [5, 5.41) is 3.59. The van der Waals surface area contributed by atoms with Crippen LogP contribution in [0, 0.1) is 5.92 Å². The standard InChI is InChI=1S/C19H24N2/c1-15(2)12-13-21-18-11-7-6-10-17(18)20-14-19(21)16-8-4-3-5-9-16/h3-11,15,19-20H,12-14H2,1-2H3. The second-order valence-corrected chi connectivity index (χ2v) is 6.20. The number of hydrogen-bond acceptors (Lipinski definition) is 2. The first-order valence-electron chi connectivity index (χ1n) is 7.90.